The summed E-state index contributed by atoms with van der Waals surface area (Å²) in [5.41, 5.74) is 5.21. The molecule has 4 heterocycles. The van der Waals surface area contributed by atoms with Gasteiger partial charge in [0.2, 0.25) is 0 Å². The number of nitrogens with zero attached hydrogens (tertiary/aromatic N) is 5. The average molecular weight is 483 g/mol. The molecule has 1 atom stereocenters. The lowest BCUT2D eigenvalue weighted by Gasteiger charge is -2.28. The predicted molar refractivity (Wildman–Crippen MR) is 141 cm³/mol. The van der Waals surface area contributed by atoms with Gasteiger partial charge in [-0.3, -0.25) is 4.98 Å². The van der Waals surface area contributed by atoms with Gasteiger partial charge in [-0.1, -0.05) is 13.0 Å². The van der Waals surface area contributed by atoms with Crippen LogP contribution in [0, 0.1) is 12.7 Å². The van der Waals surface area contributed by atoms with Crippen LogP contribution in [0.4, 0.5) is 10.2 Å². The summed E-state index contributed by atoms with van der Waals surface area (Å²) in [6.07, 6.45) is 7.25. The Hall–Kier alpha value is -3.71. The number of anilines is 1. The highest BCUT2D eigenvalue weighted by atomic mass is 19.1. The van der Waals surface area contributed by atoms with Crippen LogP contribution < -0.4 is 10.2 Å². The Bertz CT molecular complexity index is 1320. The molecule has 0 saturated carbocycles. The van der Waals surface area contributed by atoms with Gasteiger partial charge in [-0.15, -0.1) is 0 Å². The minimum Gasteiger partial charge on any atom is -0.354 e. The predicted octanol–water partition coefficient (Wildman–Crippen LogP) is 5.19. The van der Waals surface area contributed by atoms with Crippen molar-refractivity contribution in [2.24, 2.45) is 0 Å². The van der Waals surface area contributed by atoms with Crippen molar-refractivity contribution < 1.29 is 4.39 Å². The van der Waals surface area contributed by atoms with Gasteiger partial charge in [0.15, 0.2) is 0 Å². The summed E-state index contributed by atoms with van der Waals surface area (Å²) in [5, 5.41) is 3.38. The van der Waals surface area contributed by atoms with Gasteiger partial charge >= 0.3 is 0 Å². The molecule has 184 valence electrons. The molecule has 4 aromatic rings. The van der Waals surface area contributed by atoms with Gasteiger partial charge in [-0.25, -0.2) is 19.3 Å². The molecule has 0 amide bonds. The molecule has 0 radical (unpaired) electrons. The highest BCUT2D eigenvalue weighted by Gasteiger charge is 2.15. The molecular weight excluding hydrogens is 451 g/mol. The number of pyridine rings is 2. The van der Waals surface area contributed by atoms with Crippen LogP contribution in [0.5, 0.6) is 0 Å². The molecule has 1 N–H and O–H groups in total. The number of benzene rings is 1. The fourth-order valence-electron chi connectivity index (χ4n) is 4.59. The van der Waals surface area contributed by atoms with Gasteiger partial charge in [0, 0.05) is 62.3 Å². The maximum absolute atomic E-state index is 13.8. The van der Waals surface area contributed by atoms with Crippen molar-refractivity contribution >= 4 is 5.82 Å². The largest absolute Gasteiger partial charge is 0.354 e. The minimum atomic E-state index is -0.219. The number of aryl methyl sites for hydroxylation is 2. The monoisotopic (exact) mass is 482 g/mol. The first-order chi connectivity index (χ1) is 17.6. The molecule has 36 heavy (non-hydrogen) atoms. The first kappa shape index (κ1) is 24.0. The maximum Gasteiger partial charge on any atom is 0.128 e. The molecule has 1 aromatic carbocycles. The second-order valence-electron chi connectivity index (χ2n) is 9.35. The number of hydrogen-bond donors (Lipinski definition) is 1. The molecule has 0 aliphatic carbocycles. The van der Waals surface area contributed by atoms with Crippen molar-refractivity contribution in [1.29, 1.82) is 0 Å². The van der Waals surface area contributed by atoms with E-state index in [1.807, 2.05) is 30.5 Å². The van der Waals surface area contributed by atoms with Crippen LogP contribution in [-0.4, -0.2) is 46.1 Å². The van der Waals surface area contributed by atoms with Gasteiger partial charge in [0.1, 0.15) is 17.5 Å². The Labute approximate surface area is 211 Å². The molecule has 1 saturated heterocycles. The Balaban J connectivity index is 1.29. The average Bonchev–Trinajstić information content (AvgIpc) is 2.94. The first-order valence-corrected chi connectivity index (χ1v) is 12.5. The van der Waals surface area contributed by atoms with Crippen molar-refractivity contribution in [3.63, 3.8) is 0 Å². The van der Waals surface area contributed by atoms with Crippen molar-refractivity contribution in [2.75, 3.05) is 31.1 Å². The first-order valence-electron chi connectivity index (χ1n) is 12.5. The molecule has 5 rings (SSSR count). The molecule has 7 heteroatoms. The van der Waals surface area contributed by atoms with E-state index < -0.39 is 0 Å². The summed E-state index contributed by atoms with van der Waals surface area (Å²) in [6.45, 7) is 7.98. The van der Waals surface area contributed by atoms with Gasteiger partial charge in [-0.05, 0) is 72.9 Å². The van der Waals surface area contributed by atoms with Gasteiger partial charge in [0.25, 0.3) is 0 Å². The molecular formula is C29H31FN6. The van der Waals surface area contributed by atoms with Crippen LogP contribution in [0.3, 0.4) is 0 Å². The number of piperazine rings is 1. The Morgan fingerprint density at radius 1 is 1.00 bits per heavy atom. The van der Waals surface area contributed by atoms with E-state index >= 15 is 0 Å². The standard InChI is InChI=1S/C29H31FN6/c1-20(23-7-10-28(34-19-23)36-16-14-31-15-17-36)5-9-27-32-13-11-26(35-27)24-4-3-12-33-29(24)22-6-8-25(30)21(2)18-22/h3-4,6-8,10-13,18-20,31H,5,9,14-17H2,1-2H3. The maximum atomic E-state index is 13.8. The summed E-state index contributed by atoms with van der Waals surface area (Å²) in [6, 6.07) is 15.2. The smallest absolute Gasteiger partial charge is 0.128 e. The van der Waals surface area contributed by atoms with Crippen LogP contribution in [0.1, 0.15) is 36.2 Å². The van der Waals surface area contributed by atoms with Crippen LogP contribution in [0.2, 0.25) is 0 Å². The van der Waals surface area contributed by atoms with E-state index in [-0.39, 0.29) is 5.82 Å². The van der Waals surface area contributed by atoms with Crippen molar-refractivity contribution in [2.45, 2.75) is 32.6 Å². The summed E-state index contributed by atoms with van der Waals surface area (Å²) < 4.78 is 13.8. The minimum absolute atomic E-state index is 0.219. The fraction of sp³-hybridized carbons (Fsp3) is 0.310. The van der Waals surface area contributed by atoms with Gasteiger partial charge < -0.3 is 10.2 Å². The van der Waals surface area contributed by atoms with Gasteiger partial charge in [0.05, 0.1) is 11.4 Å². The van der Waals surface area contributed by atoms with E-state index in [2.05, 4.69) is 39.2 Å². The molecule has 1 aliphatic rings. The second-order valence-corrected chi connectivity index (χ2v) is 9.35. The summed E-state index contributed by atoms with van der Waals surface area (Å²) in [5.74, 6) is 1.98. The third-order valence-electron chi connectivity index (χ3n) is 6.80. The van der Waals surface area contributed by atoms with E-state index in [4.69, 9.17) is 9.97 Å². The summed E-state index contributed by atoms with van der Waals surface area (Å²) >= 11 is 0. The number of aromatic nitrogens is 4. The van der Waals surface area contributed by atoms with Crippen molar-refractivity contribution in [3.05, 3.63) is 89.9 Å². The zero-order valence-corrected chi connectivity index (χ0v) is 20.8. The van der Waals surface area contributed by atoms with E-state index in [1.54, 1.807) is 25.4 Å². The molecule has 0 bridgehead atoms. The van der Waals surface area contributed by atoms with Crippen LogP contribution in [-0.2, 0) is 6.42 Å². The summed E-state index contributed by atoms with van der Waals surface area (Å²) in [4.78, 5) is 21.0. The lowest BCUT2D eigenvalue weighted by molar-refractivity contribution is 0.584. The highest BCUT2D eigenvalue weighted by molar-refractivity contribution is 5.78. The van der Waals surface area contributed by atoms with Crippen molar-refractivity contribution in [3.8, 4) is 22.5 Å². The van der Waals surface area contributed by atoms with E-state index in [9.17, 15) is 4.39 Å². The lowest BCUT2D eigenvalue weighted by Crippen LogP contribution is -2.43. The number of halogens is 1. The SMILES string of the molecule is Cc1cc(-c2ncccc2-c2ccnc(CCC(C)c3ccc(N4CCNCC4)nc3)n2)ccc1F. The lowest BCUT2D eigenvalue weighted by atomic mass is 9.97. The number of rotatable bonds is 7. The van der Waals surface area contributed by atoms with E-state index in [0.29, 0.717) is 11.5 Å². The Morgan fingerprint density at radius 2 is 1.86 bits per heavy atom. The van der Waals surface area contributed by atoms with Crippen LogP contribution >= 0.6 is 0 Å². The van der Waals surface area contributed by atoms with Gasteiger partial charge in [-0.2, -0.15) is 0 Å². The fourth-order valence-corrected chi connectivity index (χ4v) is 4.59. The molecule has 3 aromatic heterocycles. The third-order valence-corrected chi connectivity index (χ3v) is 6.80. The van der Waals surface area contributed by atoms with Crippen molar-refractivity contribution in [1.82, 2.24) is 25.3 Å². The third kappa shape index (κ3) is 5.41. The zero-order chi connectivity index (χ0) is 24.9. The number of hydrogen-bond acceptors (Lipinski definition) is 6. The number of nitrogens with one attached hydrogen (secondary N) is 1. The normalized spacial score (nSPS) is 14.6. The molecule has 1 unspecified atom stereocenters. The molecule has 0 spiro atoms. The van der Waals surface area contributed by atoms with Crippen LogP contribution in [0.25, 0.3) is 22.5 Å². The molecule has 6 nitrogen and oxygen atoms in total. The highest BCUT2D eigenvalue weighted by Crippen LogP contribution is 2.30. The van der Waals surface area contributed by atoms with E-state index in [1.165, 1.54) is 11.6 Å². The Kier molecular flexibility index (Phi) is 7.28. The quantitative estimate of drug-likeness (QED) is 0.391. The zero-order valence-electron chi connectivity index (χ0n) is 20.8. The molecule has 1 aliphatic heterocycles. The topological polar surface area (TPSA) is 66.8 Å². The Morgan fingerprint density at radius 3 is 2.64 bits per heavy atom. The summed E-state index contributed by atoms with van der Waals surface area (Å²) in [7, 11) is 0. The van der Waals surface area contributed by atoms with Crippen LogP contribution in [0.15, 0.2) is 67.1 Å². The second kappa shape index (κ2) is 10.9. The van der Waals surface area contributed by atoms with E-state index in [0.717, 1.165) is 73.2 Å². The molecule has 1 fully saturated rings.